The number of aromatic carboxylic acids is 1. The summed E-state index contributed by atoms with van der Waals surface area (Å²) in [7, 11) is 0. The predicted molar refractivity (Wildman–Crippen MR) is 93.1 cm³/mol. The molecule has 1 fully saturated rings. The van der Waals surface area contributed by atoms with E-state index in [1.54, 1.807) is 12.1 Å². The third-order valence-electron chi connectivity index (χ3n) is 4.65. The number of rotatable bonds is 6. The van der Waals surface area contributed by atoms with Gasteiger partial charge in [0.2, 0.25) is 0 Å². The lowest BCUT2D eigenvalue weighted by atomic mass is 9.98. The maximum atomic E-state index is 11.9. The van der Waals surface area contributed by atoms with Crippen molar-refractivity contribution < 1.29 is 14.7 Å². The molecule has 0 spiro atoms. The molecule has 1 aliphatic rings. The summed E-state index contributed by atoms with van der Waals surface area (Å²) in [6.07, 6.45) is 2.45. The molecule has 0 bridgehead atoms. The first-order valence-corrected chi connectivity index (χ1v) is 8.53. The number of likely N-dealkylation sites (tertiary alicyclic amines) is 1. The van der Waals surface area contributed by atoms with Gasteiger partial charge < -0.3 is 15.7 Å². The van der Waals surface area contributed by atoms with Gasteiger partial charge in [0.15, 0.2) is 0 Å². The summed E-state index contributed by atoms with van der Waals surface area (Å²) >= 11 is 0. The van der Waals surface area contributed by atoms with Crippen molar-refractivity contribution in [2.75, 3.05) is 19.6 Å². The Morgan fingerprint density at radius 3 is 2.42 bits per heavy atom. The van der Waals surface area contributed by atoms with E-state index in [9.17, 15) is 9.59 Å². The maximum Gasteiger partial charge on any atom is 0.335 e. The van der Waals surface area contributed by atoms with E-state index in [4.69, 9.17) is 5.11 Å². The van der Waals surface area contributed by atoms with Gasteiger partial charge >= 0.3 is 12.0 Å². The zero-order chi connectivity index (χ0) is 17.5. The van der Waals surface area contributed by atoms with E-state index in [0.29, 0.717) is 19.1 Å². The second-order valence-electron chi connectivity index (χ2n) is 6.63. The van der Waals surface area contributed by atoms with Crippen LogP contribution in [0.2, 0.25) is 0 Å². The molecule has 1 unspecified atom stereocenters. The van der Waals surface area contributed by atoms with Gasteiger partial charge in [-0.05, 0) is 56.5 Å². The number of urea groups is 1. The molecule has 2 rings (SSSR count). The lowest BCUT2D eigenvalue weighted by Gasteiger charge is -2.34. The van der Waals surface area contributed by atoms with Gasteiger partial charge in [-0.1, -0.05) is 19.1 Å². The number of nitrogens with zero attached hydrogens (tertiary/aromatic N) is 1. The minimum Gasteiger partial charge on any atom is -0.478 e. The SMILES string of the molecule is CC1CCN(C(C)CNC(=O)NCc2ccc(C(=O)O)cc2)CC1. The summed E-state index contributed by atoms with van der Waals surface area (Å²) in [6.45, 7) is 7.63. The molecule has 24 heavy (non-hydrogen) atoms. The van der Waals surface area contributed by atoms with Gasteiger partial charge in [-0.25, -0.2) is 9.59 Å². The number of carbonyl (C=O) groups excluding carboxylic acids is 1. The highest BCUT2D eigenvalue weighted by Crippen LogP contribution is 2.17. The van der Waals surface area contributed by atoms with Crippen LogP contribution in [0.25, 0.3) is 0 Å². The molecular weight excluding hydrogens is 306 g/mol. The number of benzene rings is 1. The molecule has 2 amide bonds. The maximum absolute atomic E-state index is 11.9. The monoisotopic (exact) mass is 333 g/mol. The molecule has 6 heteroatoms. The zero-order valence-corrected chi connectivity index (χ0v) is 14.4. The Kier molecular flexibility index (Phi) is 6.61. The average molecular weight is 333 g/mol. The Morgan fingerprint density at radius 1 is 1.21 bits per heavy atom. The predicted octanol–water partition coefficient (Wildman–Crippen LogP) is 2.30. The molecule has 1 aliphatic heterocycles. The third kappa shape index (κ3) is 5.53. The molecule has 1 aromatic rings. The Labute approximate surface area is 143 Å². The van der Waals surface area contributed by atoms with Gasteiger partial charge in [0.1, 0.15) is 0 Å². The van der Waals surface area contributed by atoms with E-state index in [2.05, 4.69) is 29.4 Å². The van der Waals surface area contributed by atoms with Gasteiger partial charge in [-0.3, -0.25) is 4.90 Å². The molecule has 6 nitrogen and oxygen atoms in total. The molecule has 1 aromatic carbocycles. The molecule has 1 heterocycles. The number of carboxylic acids is 1. The Bertz CT molecular complexity index is 551. The van der Waals surface area contributed by atoms with Gasteiger partial charge in [-0.15, -0.1) is 0 Å². The van der Waals surface area contributed by atoms with E-state index >= 15 is 0 Å². The quantitative estimate of drug-likeness (QED) is 0.746. The minimum absolute atomic E-state index is 0.200. The molecule has 132 valence electrons. The smallest absolute Gasteiger partial charge is 0.335 e. The number of piperidine rings is 1. The van der Waals surface area contributed by atoms with Gasteiger partial charge in [0, 0.05) is 19.1 Å². The summed E-state index contributed by atoms with van der Waals surface area (Å²) in [4.78, 5) is 25.1. The summed E-state index contributed by atoms with van der Waals surface area (Å²) < 4.78 is 0. The molecule has 0 saturated carbocycles. The van der Waals surface area contributed by atoms with Gasteiger partial charge in [-0.2, -0.15) is 0 Å². The van der Waals surface area contributed by atoms with Crippen LogP contribution in [0, 0.1) is 5.92 Å². The first kappa shape index (κ1) is 18.3. The Hall–Kier alpha value is -2.08. The number of hydrogen-bond acceptors (Lipinski definition) is 3. The van der Waals surface area contributed by atoms with Crippen LogP contribution in [0.3, 0.4) is 0 Å². The fourth-order valence-electron chi connectivity index (χ4n) is 2.85. The van der Waals surface area contributed by atoms with Crippen molar-refractivity contribution >= 4 is 12.0 Å². The van der Waals surface area contributed by atoms with E-state index < -0.39 is 5.97 Å². The normalized spacial score (nSPS) is 17.2. The fourth-order valence-corrected chi connectivity index (χ4v) is 2.85. The fraction of sp³-hybridized carbons (Fsp3) is 0.556. The second-order valence-corrected chi connectivity index (χ2v) is 6.63. The van der Waals surface area contributed by atoms with Crippen LogP contribution < -0.4 is 10.6 Å². The van der Waals surface area contributed by atoms with Crippen LogP contribution in [-0.2, 0) is 6.54 Å². The Morgan fingerprint density at radius 2 is 1.83 bits per heavy atom. The van der Waals surface area contributed by atoms with Crippen LogP contribution in [-0.4, -0.2) is 47.7 Å². The first-order valence-electron chi connectivity index (χ1n) is 8.53. The average Bonchev–Trinajstić information content (AvgIpc) is 2.58. The number of hydrogen-bond donors (Lipinski definition) is 3. The molecule has 1 atom stereocenters. The lowest BCUT2D eigenvalue weighted by Crippen LogP contribution is -2.47. The molecule has 0 radical (unpaired) electrons. The van der Waals surface area contributed by atoms with Gasteiger partial charge in [0.25, 0.3) is 0 Å². The van der Waals surface area contributed by atoms with Crippen molar-refractivity contribution in [3.8, 4) is 0 Å². The van der Waals surface area contributed by atoms with Crippen LogP contribution in [0.5, 0.6) is 0 Å². The van der Waals surface area contributed by atoms with Crippen molar-refractivity contribution in [2.24, 2.45) is 5.92 Å². The van der Waals surface area contributed by atoms with Crippen molar-refractivity contribution in [3.63, 3.8) is 0 Å². The highest BCUT2D eigenvalue weighted by molar-refractivity contribution is 5.87. The van der Waals surface area contributed by atoms with Crippen molar-refractivity contribution in [1.82, 2.24) is 15.5 Å². The van der Waals surface area contributed by atoms with Crippen LogP contribution in [0.1, 0.15) is 42.6 Å². The van der Waals surface area contributed by atoms with Gasteiger partial charge in [0.05, 0.1) is 5.56 Å². The molecule has 3 N–H and O–H groups in total. The first-order chi connectivity index (χ1) is 11.5. The number of nitrogens with one attached hydrogen (secondary N) is 2. The number of amides is 2. The molecule has 1 saturated heterocycles. The number of carbonyl (C=O) groups is 2. The highest BCUT2D eigenvalue weighted by atomic mass is 16.4. The molecular formula is C18H27N3O3. The zero-order valence-electron chi connectivity index (χ0n) is 14.4. The van der Waals surface area contributed by atoms with E-state index in [-0.39, 0.29) is 11.6 Å². The van der Waals surface area contributed by atoms with Crippen LogP contribution in [0.15, 0.2) is 24.3 Å². The van der Waals surface area contributed by atoms with Crippen molar-refractivity contribution in [3.05, 3.63) is 35.4 Å². The summed E-state index contributed by atoms with van der Waals surface area (Å²) in [6, 6.07) is 6.63. The number of carboxylic acid groups (broad SMARTS) is 1. The van der Waals surface area contributed by atoms with E-state index in [0.717, 1.165) is 24.6 Å². The van der Waals surface area contributed by atoms with E-state index in [1.807, 2.05) is 0 Å². The van der Waals surface area contributed by atoms with Crippen LogP contribution >= 0.6 is 0 Å². The molecule has 0 aromatic heterocycles. The highest BCUT2D eigenvalue weighted by Gasteiger charge is 2.20. The topological polar surface area (TPSA) is 81.7 Å². The minimum atomic E-state index is -0.951. The van der Waals surface area contributed by atoms with E-state index in [1.165, 1.54) is 25.0 Å². The Balaban J connectivity index is 1.68. The van der Waals surface area contributed by atoms with Crippen LogP contribution in [0.4, 0.5) is 4.79 Å². The lowest BCUT2D eigenvalue weighted by molar-refractivity contribution is 0.0697. The summed E-state index contributed by atoms with van der Waals surface area (Å²) in [5, 5.41) is 14.6. The second kappa shape index (κ2) is 8.68. The standard InChI is InChI=1S/C18H27N3O3/c1-13-7-9-21(10-8-13)14(2)11-19-18(24)20-12-15-3-5-16(6-4-15)17(22)23/h3-6,13-14H,7-12H2,1-2H3,(H,22,23)(H2,19,20,24). The third-order valence-corrected chi connectivity index (χ3v) is 4.65. The summed E-state index contributed by atoms with van der Waals surface area (Å²) in [5.74, 6) is -0.148. The van der Waals surface area contributed by atoms with Crippen molar-refractivity contribution in [2.45, 2.75) is 39.3 Å². The van der Waals surface area contributed by atoms with Crippen molar-refractivity contribution in [1.29, 1.82) is 0 Å². The largest absolute Gasteiger partial charge is 0.478 e. The summed E-state index contributed by atoms with van der Waals surface area (Å²) in [5.41, 5.74) is 1.11. The molecule has 0 aliphatic carbocycles.